The van der Waals surface area contributed by atoms with E-state index in [4.69, 9.17) is 13.3 Å². The van der Waals surface area contributed by atoms with E-state index < -0.39 is 8.80 Å². The molecule has 0 aliphatic heterocycles. The Labute approximate surface area is 100 Å². The third-order valence-electron chi connectivity index (χ3n) is 3.02. The molecule has 0 saturated carbocycles. The zero-order valence-electron chi connectivity index (χ0n) is 11.2. The second-order valence-electron chi connectivity index (χ2n) is 4.00. The summed E-state index contributed by atoms with van der Waals surface area (Å²) in [5.41, 5.74) is 0.161. The van der Waals surface area contributed by atoms with Crippen LogP contribution < -0.4 is 0 Å². The zero-order chi connectivity index (χ0) is 12.6. The van der Waals surface area contributed by atoms with Gasteiger partial charge in [-0.25, -0.2) is 0 Å². The van der Waals surface area contributed by atoms with Gasteiger partial charge in [-0.1, -0.05) is 20.3 Å². The van der Waals surface area contributed by atoms with Gasteiger partial charge in [0, 0.05) is 26.9 Å². The first-order chi connectivity index (χ1) is 7.60. The summed E-state index contributed by atoms with van der Waals surface area (Å²) in [6, 6.07) is 0. The number of rotatable bonds is 9. The molecule has 0 spiro atoms. The molecule has 4 nitrogen and oxygen atoms in total. The van der Waals surface area contributed by atoms with Gasteiger partial charge in [0.15, 0.2) is 0 Å². The van der Waals surface area contributed by atoms with Crippen LogP contribution in [0.15, 0.2) is 0 Å². The first-order valence-corrected chi connectivity index (χ1v) is 7.73. The molecular weight excluding hydrogens is 224 g/mol. The monoisotopic (exact) mass is 250 g/mol. The van der Waals surface area contributed by atoms with Crippen molar-refractivity contribution in [3.8, 4) is 0 Å². The highest BCUT2D eigenvalue weighted by atomic mass is 28.4. The largest absolute Gasteiger partial charge is 0.503 e. The van der Waals surface area contributed by atoms with Crippen LogP contribution in [0.2, 0.25) is 5.54 Å². The van der Waals surface area contributed by atoms with E-state index in [1.54, 1.807) is 21.3 Å². The van der Waals surface area contributed by atoms with E-state index in [0.717, 1.165) is 19.3 Å². The molecule has 1 N–H and O–H groups in total. The summed E-state index contributed by atoms with van der Waals surface area (Å²) < 4.78 is 16.4. The van der Waals surface area contributed by atoms with E-state index in [-0.39, 0.29) is 11.6 Å². The van der Waals surface area contributed by atoms with Gasteiger partial charge in [0.25, 0.3) is 0 Å². The average Bonchev–Trinajstić information content (AvgIpc) is 2.30. The first-order valence-electron chi connectivity index (χ1n) is 5.93. The van der Waals surface area contributed by atoms with Crippen molar-refractivity contribution in [2.24, 2.45) is 0 Å². The van der Waals surface area contributed by atoms with Crippen LogP contribution in [0.5, 0.6) is 0 Å². The highest BCUT2D eigenvalue weighted by molar-refractivity contribution is 6.62. The lowest BCUT2D eigenvalue weighted by Gasteiger charge is -2.32. The molecule has 2 atom stereocenters. The predicted octanol–water partition coefficient (Wildman–Crippen LogP) is 2.20. The summed E-state index contributed by atoms with van der Waals surface area (Å²) in [5, 5.41) is 9.86. The molecule has 2 unspecified atom stereocenters. The van der Waals surface area contributed by atoms with Crippen molar-refractivity contribution < 1.29 is 18.4 Å². The molecule has 98 valence electrons. The van der Waals surface area contributed by atoms with Crippen LogP contribution in [-0.2, 0) is 13.3 Å². The van der Waals surface area contributed by atoms with E-state index >= 15 is 0 Å². The van der Waals surface area contributed by atoms with Gasteiger partial charge in [-0.3, -0.25) is 0 Å². The zero-order valence-corrected chi connectivity index (χ0v) is 12.2. The first kappa shape index (κ1) is 16.1. The fourth-order valence-electron chi connectivity index (χ4n) is 2.09. The van der Waals surface area contributed by atoms with Crippen molar-refractivity contribution in [1.29, 1.82) is 0 Å². The van der Waals surface area contributed by atoms with Crippen LogP contribution in [0.25, 0.3) is 0 Å². The Morgan fingerprint density at radius 3 is 1.88 bits per heavy atom. The van der Waals surface area contributed by atoms with Crippen LogP contribution in [0.1, 0.15) is 39.5 Å². The van der Waals surface area contributed by atoms with Crippen LogP contribution in [-0.4, -0.2) is 41.3 Å². The molecule has 0 aromatic heterocycles. The Kier molecular flexibility index (Phi) is 8.22. The van der Waals surface area contributed by atoms with Crippen LogP contribution in [0.4, 0.5) is 0 Å². The third kappa shape index (κ3) is 4.14. The van der Waals surface area contributed by atoms with Gasteiger partial charge < -0.3 is 18.4 Å². The van der Waals surface area contributed by atoms with Crippen LogP contribution in [0.3, 0.4) is 0 Å². The van der Waals surface area contributed by atoms with E-state index in [9.17, 15) is 5.11 Å². The molecule has 0 heterocycles. The van der Waals surface area contributed by atoms with E-state index in [1.165, 1.54) is 0 Å². The topological polar surface area (TPSA) is 47.9 Å². The Bertz CT molecular complexity index is 165. The fourth-order valence-corrected chi connectivity index (χ4v) is 4.65. The number of aliphatic hydroxyl groups excluding tert-OH is 1. The smallest absolute Gasteiger partial charge is 0.393 e. The molecule has 0 aromatic carbocycles. The molecule has 0 bridgehead atoms. The molecule has 0 rings (SSSR count). The van der Waals surface area contributed by atoms with Gasteiger partial charge in [0.2, 0.25) is 0 Å². The Morgan fingerprint density at radius 1 is 1.06 bits per heavy atom. The molecule has 0 aromatic rings. The van der Waals surface area contributed by atoms with Crippen LogP contribution in [0, 0.1) is 0 Å². The Balaban J connectivity index is 4.54. The Hall–Kier alpha value is 0.0569. The van der Waals surface area contributed by atoms with Crippen molar-refractivity contribution in [3.05, 3.63) is 0 Å². The van der Waals surface area contributed by atoms with Crippen molar-refractivity contribution in [2.75, 3.05) is 21.3 Å². The van der Waals surface area contributed by atoms with Gasteiger partial charge in [0.1, 0.15) is 0 Å². The maximum absolute atomic E-state index is 9.86. The van der Waals surface area contributed by atoms with Crippen molar-refractivity contribution in [3.63, 3.8) is 0 Å². The second kappa shape index (κ2) is 8.19. The second-order valence-corrected chi connectivity index (χ2v) is 7.25. The lowest BCUT2D eigenvalue weighted by Crippen LogP contribution is -2.48. The average molecular weight is 250 g/mol. The molecule has 0 radical (unpaired) electrons. The highest BCUT2D eigenvalue weighted by Crippen LogP contribution is 2.32. The van der Waals surface area contributed by atoms with Crippen molar-refractivity contribution >= 4 is 8.80 Å². The SMILES string of the molecule is CCCC(O)CC(CC)[Si](OC)(OC)OC. The minimum absolute atomic E-state index is 0.161. The lowest BCUT2D eigenvalue weighted by atomic mass is 10.1. The third-order valence-corrected chi connectivity index (χ3v) is 6.38. The van der Waals surface area contributed by atoms with Crippen molar-refractivity contribution in [2.45, 2.75) is 51.2 Å². The highest BCUT2D eigenvalue weighted by Gasteiger charge is 2.46. The maximum atomic E-state index is 9.86. The number of hydrogen-bond donors (Lipinski definition) is 1. The number of aliphatic hydroxyl groups is 1. The summed E-state index contributed by atoms with van der Waals surface area (Å²) in [7, 11) is 2.26. The van der Waals surface area contributed by atoms with E-state index in [2.05, 4.69) is 13.8 Å². The molecule has 0 aliphatic rings. The summed E-state index contributed by atoms with van der Waals surface area (Å²) >= 11 is 0. The lowest BCUT2D eigenvalue weighted by molar-refractivity contribution is 0.0892. The quantitative estimate of drug-likeness (QED) is 0.637. The molecule has 16 heavy (non-hydrogen) atoms. The van der Waals surface area contributed by atoms with Gasteiger partial charge >= 0.3 is 8.80 Å². The summed E-state index contributed by atoms with van der Waals surface area (Å²) in [6.07, 6.45) is 3.09. The minimum Gasteiger partial charge on any atom is -0.393 e. The summed E-state index contributed by atoms with van der Waals surface area (Å²) in [5.74, 6) is 0. The molecule has 0 fully saturated rings. The molecule has 0 aliphatic carbocycles. The number of hydrogen-bond acceptors (Lipinski definition) is 4. The molecule has 5 heteroatoms. The van der Waals surface area contributed by atoms with Crippen LogP contribution >= 0.6 is 0 Å². The van der Waals surface area contributed by atoms with Gasteiger partial charge in [-0.2, -0.15) is 0 Å². The van der Waals surface area contributed by atoms with Gasteiger partial charge in [-0.05, 0) is 19.3 Å². The molecular formula is C11H26O4Si. The van der Waals surface area contributed by atoms with Gasteiger partial charge in [-0.15, -0.1) is 0 Å². The summed E-state index contributed by atoms with van der Waals surface area (Å²) in [6.45, 7) is 4.14. The van der Waals surface area contributed by atoms with Gasteiger partial charge in [0.05, 0.1) is 6.10 Å². The predicted molar refractivity (Wildman–Crippen MR) is 66.4 cm³/mol. The van der Waals surface area contributed by atoms with E-state index in [1.807, 2.05) is 0 Å². The maximum Gasteiger partial charge on any atom is 0.503 e. The van der Waals surface area contributed by atoms with E-state index in [0.29, 0.717) is 6.42 Å². The molecule has 0 amide bonds. The minimum atomic E-state index is -2.60. The Morgan fingerprint density at radius 2 is 1.56 bits per heavy atom. The molecule has 0 saturated heterocycles. The normalized spacial score (nSPS) is 16.1. The standard InChI is InChI=1S/C11H26O4Si/c1-6-8-10(12)9-11(7-2)16(13-3,14-4)15-5/h10-12H,6-9H2,1-5H3. The summed E-state index contributed by atoms with van der Waals surface area (Å²) in [4.78, 5) is 0. The van der Waals surface area contributed by atoms with Crippen molar-refractivity contribution in [1.82, 2.24) is 0 Å². The fraction of sp³-hybridized carbons (Fsp3) is 1.00.